The topological polar surface area (TPSA) is 56.8 Å². The van der Waals surface area contributed by atoms with E-state index in [1.54, 1.807) is 6.92 Å². The van der Waals surface area contributed by atoms with Gasteiger partial charge in [0.1, 0.15) is 18.4 Å². The molecule has 23 heavy (non-hydrogen) atoms. The Hall–Kier alpha value is -2.03. The molecule has 0 radical (unpaired) electrons. The van der Waals surface area contributed by atoms with Gasteiger partial charge in [-0.1, -0.05) is 18.1 Å². The summed E-state index contributed by atoms with van der Waals surface area (Å²) >= 11 is 0. The fraction of sp³-hybridized carbons (Fsp3) is 0.500. The van der Waals surface area contributed by atoms with E-state index < -0.39 is 11.6 Å². The van der Waals surface area contributed by atoms with Gasteiger partial charge in [0.25, 0.3) is 0 Å². The van der Waals surface area contributed by atoms with Crippen molar-refractivity contribution in [3.8, 4) is 17.6 Å². The Kier molecular flexibility index (Phi) is 7.60. The molecule has 126 valence electrons. The maximum atomic E-state index is 11.9. The van der Waals surface area contributed by atoms with E-state index in [-0.39, 0.29) is 5.97 Å². The van der Waals surface area contributed by atoms with Crippen molar-refractivity contribution >= 4 is 5.97 Å². The zero-order valence-electron chi connectivity index (χ0n) is 14.4. The number of hydrogen-bond donors (Lipinski definition) is 1. The summed E-state index contributed by atoms with van der Waals surface area (Å²) in [5.74, 6) is 5.98. The van der Waals surface area contributed by atoms with Gasteiger partial charge in [0.2, 0.25) is 0 Å². The summed E-state index contributed by atoms with van der Waals surface area (Å²) in [6.45, 7) is 7.84. The molecular formula is C18H25NO4. The van der Waals surface area contributed by atoms with Crippen molar-refractivity contribution in [1.82, 2.24) is 5.48 Å². The monoisotopic (exact) mass is 319 g/mol. The van der Waals surface area contributed by atoms with Crippen molar-refractivity contribution in [2.75, 3.05) is 13.7 Å². The van der Waals surface area contributed by atoms with E-state index >= 15 is 0 Å². The molecule has 0 aliphatic rings. The summed E-state index contributed by atoms with van der Waals surface area (Å²) in [5.41, 5.74) is 3.36. The zero-order valence-corrected chi connectivity index (χ0v) is 14.4. The maximum Gasteiger partial charge on any atom is 0.325 e. The van der Waals surface area contributed by atoms with Crippen LogP contribution in [0.15, 0.2) is 24.3 Å². The summed E-state index contributed by atoms with van der Waals surface area (Å²) in [5, 5.41) is 0. The van der Waals surface area contributed by atoms with E-state index in [0.29, 0.717) is 13.0 Å². The number of ether oxygens (including phenoxy) is 2. The predicted octanol–water partition coefficient (Wildman–Crippen LogP) is 2.49. The predicted molar refractivity (Wildman–Crippen MR) is 88.9 cm³/mol. The molecule has 1 rings (SSSR count). The molecule has 5 nitrogen and oxygen atoms in total. The quantitative estimate of drug-likeness (QED) is 0.475. The van der Waals surface area contributed by atoms with Gasteiger partial charge in [0.05, 0.1) is 12.7 Å². The van der Waals surface area contributed by atoms with Crippen molar-refractivity contribution in [3.05, 3.63) is 29.8 Å². The van der Waals surface area contributed by atoms with Gasteiger partial charge in [0.15, 0.2) is 0 Å². The molecule has 0 saturated heterocycles. The Labute approximate surface area is 138 Å². The number of esters is 1. The third-order valence-electron chi connectivity index (χ3n) is 2.84. The van der Waals surface area contributed by atoms with Gasteiger partial charge >= 0.3 is 5.97 Å². The first-order valence-corrected chi connectivity index (χ1v) is 7.48. The average Bonchev–Trinajstić information content (AvgIpc) is 2.51. The van der Waals surface area contributed by atoms with Gasteiger partial charge in [-0.05, 0) is 45.4 Å². The highest BCUT2D eigenvalue weighted by atomic mass is 16.7. The standard InChI is InChI=1S/C18H25NO4/c1-6-7-12-22-15-10-8-14(9-11-15)13-16(17(20)21-5)19-23-18(2,3)4/h8-11,16,19H,12-13H2,1-5H3/t16-/m0/s1. The Balaban J connectivity index is 2.67. The minimum atomic E-state index is -0.572. The molecule has 1 aromatic rings. The number of hydrogen-bond acceptors (Lipinski definition) is 5. The lowest BCUT2D eigenvalue weighted by Crippen LogP contribution is -2.43. The molecule has 0 spiro atoms. The Morgan fingerprint density at radius 3 is 2.43 bits per heavy atom. The second-order valence-corrected chi connectivity index (χ2v) is 5.97. The van der Waals surface area contributed by atoms with E-state index in [4.69, 9.17) is 14.3 Å². The summed E-state index contributed by atoms with van der Waals surface area (Å²) in [7, 11) is 1.36. The van der Waals surface area contributed by atoms with Crippen LogP contribution in [0.25, 0.3) is 0 Å². The molecule has 0 fully saturated rings. The molecule has 1 atom stereocenters. The Bertz CT molecular complexity index is 549. The molecule has 0 heterocycles. The molecular weight excluding hydrogens is 294 g/mol. The third-order valence-corrected chi connectivity index (χ3v) is 2.84. The number of carbonyl (C=O) groups is 1. The van der Waals surface area contributed by atoms with Crippen molar-refractivity contribution in [3.63, 3.8) is 0 Å². The molecule has 0 unspecified atom stereocenters. The normalized spacial score (nSPS) is 12.0. The highest BCUT2D eigenvalue weighted by Crippen LogP contribution is 2.14. The van der Waals surface area contributed by atoms with Crippen LogP contribution in [-0.2, 0) is 20.8 Å². The van der Waals surface area contributed by atoms with Crippen LogP contribution < -0.4 is 10.2 Å². The van der Waals surface area contributed by atoms with Crippen LogP contribution in [0.1, 0.15) is 33.3 Å². The number of methoxy groups -OCH3 is 1. The van der Waals surface area contributed by atoms with Gasteiger partial charge in [-0.3, -0.25) is 9.63 Å². The van der Waals surface area contributed by atoms with Crippen LogP contribution in [0.2, 0.25) is 0 Å². The summed E-state index contributed by atoms with van der Waals surface area (Å²) in [6, 6.07) is 6.95. The lowest BCUT2D eigenvalue weighted by atomic mass is 10.1. The van der Waals surface area contributed by atoms with E-state index in [1.807, 2.05) is 45.0 Å². The van der Waals surface area contributed by atoms with E-state index in [1.165, 1.54) is 7.11 Å². The fourth-order valence-corrected chi connectivity index (χ4v) is 1.71. The van der Waals surface area contributed by atoms with Crippen molar-refractivity contribution < 1.29 is 19.1 Å². The molecule has 0 aliphatic heterocycles. The molecule has 0 amide bonds. The lowest BCUT2D eigenvalue weighted by molar-refractivity contribution is -0.153. The first kappa shape index (κ1) is 19.0. The first-order valence-electron chi connectivity index (χ1n) is 7.48. The Morgan fingerprint density at radius 1 is 1.26 bits per heavy atom. The molecule has 0 aromatic heterocycles. The Morgan fingerprint density at radius 2 is 1.91 bits per heavy atom. The highest BCUT2D eigenvalue weighted by molar-refractivity contribution is 5.75. The zero-order chi connectivity index (χ0) is 17.3. The van der Waals surface area contributed by atoms with Crippen molar-refractivity contribution in [2.45, 2.75) is 45.8 Å². The number of carbonyl (C=O) groups excluding carboxylic acids is 1. The van der Waals surface area contributed by atoms with Crippen LogP contribution in [0, 0.1) is 11.8 Å². The maximum absolute atomic E-state index is 11.9. The molecule has 1 aromatic carbocycles. The van der Waals surface area contributed by atoms with Crippen molar-refractivity contribution in [2.24, 2.45) is 0 Å². The van der Waals surface area contributed by atoms with E-state index in [2.05, 4.69) is 17.3 Å². The lowest BCUT2D eigenvalue weighted by Gasteiger charge is -2.24. The summed E-state index contributed by atoms with van der Waals surface area (Å²) in [4.78, 5) is 17.4. The number of hydroxylamine groups is 1. The van der Waals surface area contributed by atoms with Crippen LogP contribution in [0.4, 0.5) is 0 Å². The van der Waals surface area contributed by atoms with Gasteiger partial charge in [-0.15, -0.1) is 5.92 Å². The largest absolute Gasteiger partial charge is 0.481 e. The number of nitrogens with one attached hydrogen (secondary N) is 1. The van der Waals surface area contributed by atoms with E-state index in [0.717, 1.165) is 11.3 Å². The van der Waals surface area contributed by atoms with Crippen LogP contribution >= 0.6 is 0 Å². The molecule has 0 aliphatic carbocycles. The van der Waals surface area contributed by atoms with Crippen LogP contribution in [0.3, 0.4) is 0 Å². The number of benzene rings is 1. The SMILES string of the molecule is CC#CCOc1ccc(C[C@H](NOC(C)(C)C)C(=O)OC)cc1. The first-order chi connectivity index (χ1) is 10.9. The average molecular weight is 319 g/mol. The van der Waals surface area contributed by atoms with Crippen LogP contribution in [-0.4, -0.2) is 31.3 Å². The molecule has 0 bridgehead atoms. The second kappa shape index (κ2) is 9.19. The van der Waals surface area contributed by atoms with Gasteiger partial charge in [-0.2, -0.15) is 5.48 Å². The molecule has 5 heteroatoms. The minimum absolute atomic E-state index is 0.363. The molecule has 0 saturated carbocycles. The fourth-order valence-electron chi connectivity index (χ4n) is 1.71. The highest BCUT2D eigenvalue weighted by Gasteiger charge is 2.22. The second-order valence-electron chi connectivity index (χ2n) is 5.97. The van der Waals surface area contributed by atoms with Gasteiger partial charge in [0, 0.05) is 6.42 Å². The van der Waals surface area contributed by atoms with Gasteiger partial charge < -0.3 is 9.47 Å². The number of rotatable bonds is 7. The van der Waals surface area contributed by atoms with Gasteiger partial charge in [-0.25, -0.2) is 0 Å². The smallest absolute Gasteiger partial charge is 0.325 e. The minimum Gasteiger partial charge on any atom is -0.481 e. The van der Waals surface area contributed by atoms with Crippen LogP contribution in [0.5, 0.6) is 5.75 Å². The van der Waals surface area contributed by atoms with Crippen molar-refractivity contribution in [1.29, 1.82) is 0 Å². The summed E-state index contributed by atoms with van der Waals surface area (Å²) in [6.07, 6.45) is 0.456. The molecule has 1 N–H and O–H groups in total. The van der Waals surface area contributed by atoms with E-state index in [9.17, 15) is 4.79 Å². The summed E-state index contributed by atoms with van der Waals surface area (Å²) < 4.78 is 10.3. The third kappa shape index (κ3) is 7.68.